The number of aromatic hydroxyl groups is 1. The summed E-state index contributed by atoms with van der Waals surface area (Å²) in [5.41, 5.74) is 1.27. The molecule has 1 aromatic carbocycles. The average Bonchev–Trinajstić information content (AvgIpc) is 2.32. The first-order valence-electron chi connectivity index (χ1n) is 5.63. The van der Waals surface area contributed by atoms with E-state index in [0.29, 0.717) is 24.3 Å². The van der Waals surface area contributed by atoms with Crippen LogP contribution in [0.15, 0.2) is 18.2 Å². The predicted octanol–water partition coefficient (Wildman–Crippen LogP) is 2.18. The van der Waals surface area contributed by atoms with Crippen molar-refractivity contribution in [1.29, 1.82) is 0 Å². The Morgan fingerprint density at radius 2 is 2.22 bits per heavy atom. The van der Waals surface area contributed by atoms with Crippen LogP contribution in [0.1, 0.15) is 15.9 Å². The van der Waals surface area contributed by atoms with Crippen LogP contribution >= 0.6 is 15.9 Å². The zero-order valence-electron chi connectivity index (χ0n) is 10.8. The maximum Gasteiger partial charge on any atom is 0.253 e. The molecule has 0 saturated heterocycles. The summed E-state index contributed by atoms with van der Waals surface area (Å²) in [7, 11) is 3.37. The number of phenolic OH excluding ortho intramolecular Hbond substituents is 1. The summed E-state index contributed by atoms with van der Waals surface area (Å²) in [5.74, 6) is 0.130. The Bertz CT molecular complexity index is 423. The lowest BCUT2D eigenvalue weighted by Crippen LogP contribution is -2.33. The van der Waals surface area contributed by atoms with Gasteiger partial charge in [-0.25, -0.2) is 0 Å². The molecule has 0 spiro atoms. The quantitative estimate of drug-likeness (QED) is 0.847. The maximum atomic E-state index is 12.1. The number of benzene rings is 1. The van der Waals surface area contributed by atoms with E-state index in [1.165, 1.54) is 6.07 Å². The summed E-state index contributed by atoms with van der Waals surface area (Å²) in [4.78, 5) is 13.9. The Hall–Kier alpha value is -1.07. The summed E-state index contributed by atoms with van der Waals surface area (Å²) >= 11 is 3.45. The van der Waals surface area contributed by atoms with Crippen LogP contribution < -0.4 is 0 Å². The summed E-state index contributed by atoms with van der Waals surface area (Å²) < 4.78 is 5.01. The zero-order valence-corrected chi connectivity index (χ0v) is 12.4. The number of rotatable bonds is 5. The summed E-state index contributed by atoms with van der Waals surface area (Å²) in [6, 6.07) is 4.85. The molecule has 1 amide bonds. The monoisotopic (exact) mass is 315 g/mol. The van der Waals surface area contributed by atoms with Gasteiger partial charge in [-0.2, -0.15) is 0 Å². The molecule has 0 bridgehead atoms. The van der Waals surface area contributed by atoms with Crippen molar-refractivity contribution in [3.05, 3.63) is 29.3 Å². The van der Waals surface area contributed by atoms with Gasteiger partial charge in [0.2, 0.25) is 0 Å². The third-order valence-corrected chi connectivity index (χ3v) is 3.16. The van der Waals surface area contributed by atoms with Gasteiger partial charge in [0.05, 0.1) is 11.4 Å². The SMILES string of the molecule is COCC(Br)CN(C)C(=O)c1ccc(O)c(C)c1. The molecule has 0 aliphatic heterocycles. The highest BCUT2D eigenvalue weighted by molar-refractivity contribution is 9.09. The van der Waals surface area contributed by atoms with Crippen LogP contribution in [0.2, 0.25) is 0 Å². The number of hydrogen-bond acceptors (Lipinski definition) is 3. The highest BCUT2D eigenvalue weighted by Gasteiger charge is 2.15. The van der Waals surface area contributed by atoms with Gasteiger partial charge in [0.15, 0.2) is 0 Å². The van der Waals surface area contributed by atoms with Gasteiger partial charge in [-0.1, -0.05) is 15.9 Å². The molecule has 1 atom stereocenters. The molecule has 100 valence electrons. The molecule has 0 saturated carbocycles. The van der Waals surface area contributed by atoms with E-state index in [4.69, 9.17) is 4.74 Å². The standard InChI is InChI=1S/C13H18BrNO3/c1-9-6-10(4-5-12(9)16)13(17)15(2)7-11(14)8-18-3/h4-6,11,16H,7-8H2,1-3H3. The minimum absolute atomic E-state index is 0.0707. The van der Waals surface area contributed by atoms with Gasteiger partial charge in [-0.15, -0.1) is 0 Å². The summed E-state index contributed by atoms with van der Waals surface area (Å²) in [5, 5.41) is 9.43. The third kappa shape index (κ3) is 3.99. The van der Waals surface area contributed by atoms with Gasteiger partial charge in [-0.05, 0) is 30.7 Å². The van der Waals surface area contributed by atoms with E-state index in [1.807, 2.05) is 0 Å². The first-order valence-corrected chi connectivity index (χ1v) is 6.55. The summed E-state index contributed by atoms with van der Waals surface area (Å²) in [6.45, 7) is 2.88. The number of ether oxygens (including phenoxy) is 1. The van der Waals surface area contributed by atoms with Gasteiger partial charge < -0.3 is 14.7 Å². The third-order valence-electron chi connectivity index (χ3n) is 2.61. The van der Waals surface area contributed by atoms with Crippen molar-refractivity contribution in [3.8, 4) is 5.75 Å². The Morgan fingerprint density at radius 1 is 1.56 bits per heavy atom. The van der Waals surface area contributed by atoms with Gasteiger partial charge in [-0.3, -0.25) is 4.79 Å². The number of methoxy groups -OCH3 is 1. The Balaban J connectivity index is 2.71. The molecule has 0 aliphatic carbocycles. The average molecular weight is 316 g/mol. The Labute approximate surface area is 116 Å². The van der Waals surface area contributed by atoms with Gasteiger partial charge in [0.25, 0.3) is 5.91 Å². The fourth-order valence-corrected chi connectivity index (χ4v) is 2.32. The van der Waals surface area contributed by atoms with E-state index in [9.17, 15) is 9.90 Å². The topological polar surface area (TPSA) is 49.8 Å². The van der Waals surface area contributed by atoms with Crippen LogP contribution in [0.3, 0.4) is 0 Å². The van der Waals surface area contributed by atoms with Crippen molar-refractivity contribution < 1.29 is 14.6 Å². The van der Waals surface area contributed by atoms with Crippen molar-refractivity contribution in [2.24, 2.45) is 0 Å². The number of aryl methyl sites for hydroxylation is 1. The van der Waals surface area contributed by atoms with Crippen molar-refractivity contribution in [1.82, 2.24) is 4.90 Å². The van der Waals surface area contributed by atoms with E-state index in [1.54, 1.807) is 38.1 Å². The largest absolute Gasteiger partial charge is 0.508 e. The van der Waals surface area contributed by atoms with Crippen molar-refractivity contribution in [2.45, 2.75) is 11.8 Å². The lowest BCUT2D eigenvalue weighted by molar-refractivity contribution is 0.0784. The van der Waals surface area contributed by atoms with Crippen LogP contribution in [-0.2, 0) is 4.74 Å². The molecule has 0 radical (unpaired) electrons. The molecule has 0 aromatic heterocycles. The van der Waals surface area contributed by atoms with Crippen molar-refractivity contribution in [2.75, 3.05) is 27.3 Å². The van der Waals surface area contributed by atoms with Crippen LogP contribution in [0.25, 0.3) is 0 Å². The first-order chi connectivity index (χ1) is 8.45. The minimum atomic E-state index is -0.0707. The fraction of sp³-hybridized carbons (Fsp3) is 0.462. The molecule has 1 N–H and O–H groups in total. The lowest BCUT2D eigenvalue weighted by atomic mass is 10.1. The highest BCUT2D eigenvalue weighted by atomic mass is 79.9. The number of carbonyl (C=O) groups excluding carboxylic acids is 1. The number of phenols is 1. The van der Waals surface area contributed by atoms with Crippen LogP contribution in [0.4, 0.5) is 0 Å². The number of amides is 1. The molecule has 0 heterocycles. The molecule has 1 unspecified atom stereocenters. The number of halogens is 1. The molecular weight excluding hydrogens is 298 g/mol. The molecule has 1 aromatic rings. The summed E-state index contributed by atoms with van der Waals surface area (Å²) in [6.07, 6.45) is 0. The second kappa shape index (κ2) is 6.75. The van der Waals surface area contributed by atoms with Gasteiger partial charge in [0, 0.05) is 26.3 Å². The lowest BCUT2D eigenvalue weighted by Gasteiger charge is -2.20. The van der Waals surface area contributed by atoms with E-state index < -0.39 is 0 Å². The zero-order chi connectivity index (χ0) is 13.7. The van der Waals surface area contributed by atoms with E-state index in [0.717, 1.165) is 0 Å². The number of nitrogens with zero attached hydrogens (tertiary/aromatic N) is 1. The Kier molecular flexibility index (Phi) is 5.62. The normalized spacial score (nSPS) is 12.2. The molecule has 18 heavy (non-hydrogen) atoms. The number of carbonyl (C=O) groups is 1. The smallest absolute Gasteiger partial charge is 0.253 e. The van der Waals surface area contributed by atoms with Gasteiger partial charge >= 0.3 is 0 Å². The number of alkyl halides is 1. The molecule has 0 aliphatic rings. The highest BCUT2D eigenvalue weighted by Crippen LogP contribution is 2.18. The molecule has 1 rings (SSSR count). The molecule has 0 fully saturated rings. The van der Waals surface area contributed by atoms with E-state index in [2.05, 4.69) is 15.9 Å². The Morgan fingerprint density at radius 3 is 2.78 bits per heavy atom. The van der Waals surface area contributed by atoms with E-state index >= 15 is 0 Å². The van der Waals surface area contributed by atoms with Crippen LogP contribution in [0.5, 0.6) is 5.75 Å². The van der Waals surface area contributed by atoms with Crippen molar-refractivity contribution >= 4 is 21.8 Å². The fourth-order valence-electron chi connectivity index (χ4n) is 1.62. The van der Waals surface area contributed by atoms with Crippen LogP contribution in [0, 0.1) is 6.92 Å². The number of hydrogen-bond donors (Lipinski definition) is 1. The molecule has 4 nitrogen and oxygen atoms in total. The first kappa shape index (κ1) is 15.0. The maximum absolute atomic E-state index is 12.1. The van der Waals surface area contributed by atoms with Gasteiger partial charge in [0.1, 0.15) is 5.75 Å². The predicted molar refractivity (Wildman–Crippen MR) is 74.4 cm³/mol. The van der Waals surface area contributed by atoms with E-state index in [-0.39, 0.29) is 16.5 Å². The van der Waals surface area contributed by atoms with Crippen molar-refractivity contribution in [3.63, 3.8) is 0 Å². The molecule has 5 heteroatoms. The minimum Gasteiger partial charge on any atom is -0.508 e. The second-order valence-corrected chi connectivity index (χ2v) is 5.53. The molecular formula is C13H18BrNO3. The second-order valence-electron chi connectivity index (χ2n) is 4.24. The van der Waals surface area contributed by atoms with Crippen LogP contribution in [-0.4, -0.2) is 48.0 Å².